The Morgan fingerprint density at radius 2 is 1.86 bits per heavy atom. The molecule has 0 aromatic heterocycles. The lowest BCUT2D eigenvalue weighted by molar-refractivity contribution is 0.509. The fraction of sp³-hybridized carbons (Fsp3) is 0.385. The monoisotopic (exact) mass is 202 g/mol. The van der Waals surface area contributed by atoms with E-state index in [1.807, 2.05) is 0 Å². The summed E-state index contributed by atoms with van der Waals surface area (Å²) in [4.78, 5) is 0. The summed E-state index contributed by atoms with van der Waals surface area (Å²) in [6.45, 7) is 0. The largest absolute Gasteiger partial charge is 0.146 e. The van der Waals surface area contributed by atoms with Crippen LogP contribution in [-0.4, -0.2) is 5.25 Å². The third-order valence-corrected chi connectivity index (χ3v) is 4.85. The zero-order valence-corrected chi connectivity index (χ0v) is 8.91. The Labute approximate surface area is 89.4 Å². The minimum absolute atomic E-state index is 0.722. The second kappa shape index (κ2) is 3.47. The van der Waals surface area contributed by atoms with Crippen molar-refractivity contribution in [3.05, 3.63) is 48.0 Å². The topological polar surface area (TPSA) is 0 Å². The molecule has 1 aliphatic carbocycles. The van der Waals surface area contributed by atoms with E-state index in [0.29, 0.717) is 0 Å². The molecule has 0 N–H and O–H groups in total. The van der Waals surface area contributed by atoms with Crippen molar-refractivity contribution in [2.24, 2.45) is 5.92 Å². The standard InChI is InChI=1S/C13H14S/c1-2-4-10(5-3-1)13-11-6-8-12(14-13)9-7-11/h1-6,8,11-13H,7,9H2/t11-,12+,13+/m1/s1. The highest BCUT2D eigenvalue weighted by Gasteiger charge is 2.32. The quantitative estimate of drug-likeness (QED) is 0.624. The van der Waals surface area contributed by atoms with Crippen LogP contribution in [0.3, 0.4) is 0 Å². The molecule has 2 aliphatic heterocycles. The van der Waals surface area contributed by atoms with Crippen LogP contribution in [0.4, 0.5) is 0 Å². The Morgan fingerprint density at radius 1 is 1.00 bits per heavy atom. The van der Waals surface area contributed by atoms with E-state index < -0.39 is 0 Å². The Balaban J connectivity index is 1.91. The van der Waals surface area contributed by atoms with Crippen LogP contribution in [0.5, 0.6) is 0 Å². The highest BCUT2D eigenvalue weighted by molar-refractivity contribution is 8.00. The fourth-order valence-corrected chi connectivity index (χ4v) is 4.01. The van der Waals surface area contributed by atoms with E-state index >= 15 is 0 Å². The molecule has 1 aromatic rings. The van der Waals surface area contributed by atoms with Gasteiger partial charge in [-0.25, -0.2) is 0 Å². The average Bonchev–Trinajstić information content (AvgIpc) is 2.32. The molecule has 2 heterocycles. The normalized spacial score (nSPS) is 34.7. The van der Waals surface area contributed by atoms with E-state index in [0.717, 1.165) is 16.4 Å². The summed E-state index contributed by atoms with van der Waals surface area (Å²) in [5, 5.41) is 1.50. The number of hydrogen-bond acceptors (Lipinski definition) is 1. The van der Waals surface area contributed by atoms with Crippen molar-refractivity contribution in [3.8, 4) is 0 Å². The number of rotatable bonds is 1. The first-order valence-electron chi connectivity index (χ1n) is 5.32. The molecule has 0 radical (unpaired) electrons. The second-order valence-corrected chi connectivity index (χ2v) is 5.52. The average molecular weight is 202 g/mol. The summed E-state index contributed by atoms with van der Waals surface area (Å²) < 4.78 is 0. The summed E-state index contributed by atoms with van der Waals surface area (Å²) >= 11 is 2.15. The van der Waals surface area contributed by atoms with Crippen molar-refractivity contribution < 1.29 is 0 Å². The van der Waals surface area contributed by atoms with Crippen molar-refractivity contribution in [3.63, 3.8) is 0 Å². The van der Waals surface area contributed by atoms with Gasteiger partial charge in [-0.2, -0.15) is 0 Å². The maximum atomic E-state index is 2.43. The molecule has 0 spiro atoms. The van der Waals surface area contributed by atoms with Crippen LogP contribution in [0, 0.1) is 5.92 Å². The molecule has 72 valence electrons. The van der Waals surface area contributed by atoms with Gasteiger partial charge in [-0.05, 0) is 24.3 Å². The molecule has 1 heteroatoms. The van der Waals surface area contributed by atoms with Crippen LogP contribution >= 0.6 is 11.8 Å². The zero-order valence-electron chi connectivity index (χ0n) is 8.10. The molecule has 0 amide bonds. The highest BCUT2D eigenvalue weighted by atomic mass is 32.2. The molecule has 3 aliphatic rings. The third kappa shape index (κ3) is 1.40. The molecular formula is C13H14S. The van der Waals surface area contributed by atoms with Gasteiger partial charge >= 0.3 is 0 Å². The zero-order chi connectivity index (χ0) is 9.38. The molecule has 4 rings (SSSR count). The van der Waals surface area contributed by atoms with Crippen LogP contribution in [0.25, 0.3) is 0 Å². The lowest BCUT2D eigenvalue weighted by Crippen LogP contribution is -2.23. The molecular weight excluding hydrogens is 188 g/mol. The predicted molar refractivity (Wildman–Crippen MR) is 62.4 cm³/mol. The summed E-state index contributed by atoms with van der Waals surface area (Å²) in [5.74, 6) is 0.785. The first-order valence-corrected chi connectivity index (χ1v) is 6.26. The molecule has 0 unspecified atom stereocenters. The van der Waals surface area contributed by atoms with Gasteiger partial charge in [0.1, 0.15) is 0 Å². The smallest absolute Gasteiger partial charge is 0.0365 e. The van der Waals surface area contributed by atoms with Crippen molar-refractivity contribution in [1.29, 1.82) is 0 Å². The van der Waals surface area contributed by atoms with Crippen molar-refractivity contribution in [2.45, 2.75) is 23.3 Å². The predicted octanol–water partition coefficient (Wildman–Crippen LogP) is 3.81. The molecule has 1 saturated heterocycles. The van der Waals surface area contributed by atoms with Gasteiger partial charge in [0, 0.05) is 10.5 Å². The van der Waals surface area contributed by atoms with Crippen LogP contribution in [-0.2, 0) is 0 Å². The fourth-order valence-electron chi connectivity index (χ4n) is 2.44. The van der Waals surface area contributed by atoms with Crippen LogP contribution < -0.4 is 0 Å². The minimum Gasteiger partial charge on any atom is -0.146 e. The van der Waals surface area contributed by atoms with Crippen molar-refractivity contribution in [1.82, 2.24) is 0 Å². The molecule has 3 atom stereocenters. The minimum atomic E-state index is 0.722. The van der Waals surface area contributed by atoms with Gasteiger partial charge < -0.3 is 0 Å². The number of benzene rings is 1. The van der Waals surface area contributed by atoms with Crippen molar-refractivity contribution >= 4 is 11.8 Å². The second-order valence-electron chi connectivity index (χ2n) is 4.13. The molecule has 14 heavy (non-hydrogen) atoms. The Kier molecular flexibility index (Phi) is 2.13. The number of allylic oxidation sites excluding steroid dienone is 1. The number of hydrogen-bond donors (Lipinski definition) is 0. The summed E-state index contributed by atoms with van der Waals surface area (Å²) in [7, 11) is 0. The lowest BCUT2D eigenvalue weighted by atomic mass is 9.88. The molecule has 1 fully saturated rings. The number of thioether (sulfide) groups is 1. The van der Waals surface area contributed by atoms with Gasteiger partial charge in [-0.15, -0.1) is 11.8 Å². The Bertz CT molecular complexity index is 342. The first kappa shape index (κ1) is 8.60. The van der Waals surface area contributed by atoms with E-state index in [2.05, 4.69) is 54.2 Å². The van der Waals surface area contributed by atoms with E-state index in [4.69, 9.17) is 0 Å². The number of fused-ring (bicyclic) bond motifs is 2. The SMILES string of the molecule is C1=C[C@H]2CC[C@@H]1[C@H](c1ccccc1)S2. The maximum absolute atomic E-state index is 2.43. The molecule has 0 nitrogen and oxygen atoms in total. The van der Waals surface area contributed by atoms with Gasteiger partial charge in [0.2, 0.25) is 0 Å². The summed E-state index contributed by atoms with van der Waals surface area (Å²) in [5.41, 5.74) is 1.51. The van der Waals surface area contributed by atoms with Gasteiger partial charge in [0.05, 0.1) is 0 Å². The van der Waals surface area contributed by atoms with Gasteiger partial charge in [-0.1, -0.05) is 42.5 Å². The van der Waals surface area contributed by atoms with Gasteiger partial charge in [0.15, 0.2) is 0 Å². The molecule has 1 aromatic carbocycles. The van der Waals surface area contributed by atoms with Gasteiger partial charge in [-0.3, -0.25) is 0 Å². The lowest BCUT2D eigenvalue weighted by Gasteiger charge is -2.37. The van der Waals surface area contributed by atoms with Gasteiger partial charge in [0.25, 0.3) is 0 Å². The third-order valence-electron chi connectivity index (χ3n) is 3.20. The molecule has 2 bridgehead atoms. The van der Waals surface area contributed by atoms with E-state index in [1.165, 1.54) is 18.4 Å². The van der Waals surface area contributed by atoms with E-state index in [9.17, 15) is 0 Å². The first-order chi connectivity index (χ1) is 6.93. The molecule has 0 saturated carbocycles. The summed E-state index contributed by atoms with van der Waals surface area (Å²) in [6, 6.07) is 11.0. The van der Waals surface area contributed by atoms with Crippen LogP contribution in [0.2, 0.25) is 0 Å². The van der Waals surface area contributed by atoms with E-state index in [1.54, 1.807) is 0 Å². The van der Waals surface area contributed by atoms with Crippen LogP contribution in [0.15, 0.2) is 42.5 Å². The summed E-state index contributed by atoms with van der Waals surface area (Å²) in [6.07, 6.45) is 7.60. The van der Waals surface area contributed by atoms with E-state index in [-0.39, 0.29) is 0 Å². The van der Waals surface area contributed by atoms with Crippen molar-refractivity contribution in [2.75, 3.05) is 0 Å². The Morgan fingerprint density at radius 3 is 2.43 bits per heavy atom. The Hall–Kier alpha value is -0.690. The highest BCUT2D eigenvalue weighted by Crippen LogP contribution is 2.50. The maximum Gasteiger partial charge on any atom is 0.0365 e. The van der Waals surface area contributed by atoms with Crippen LogP contribution in [0.1, 0.15) is 23.7 Å².